The normalized spacial score (nSPS) is 10.4. The fraction of sp³-hybridized carbons (Fsp3) is 0.200. The summed E-state index contributed by atoms with van der Waals surface area (Å²) < 4.78 is 32.1. The van der Waals surface area contributed by atoms with E-state index in [1.807, 2.05) is 6.92 Å². The van der Waals surface area contributed by atoms with E-state index in [1.54, 1.807) is 18.2 Å². The minimum atomic E-state index is -0.384. The molecule has 0 aliphatic heterocycles. The van der Waals surface area contributed by atoms with Gasteiger partial charge in [-0.1, -0.05) is 17.7 Å². The Morgan fingerprint density at radius 3 is 2.65 bits per heavy atom. The molecular formula is C15H14ClF2NO. The molecule has 0 fully saturated rings. The number of anilines is 1. The summed E-state index contributed by atoms with van der Waals surface area (Å²) in [6, 6.07) is 8.66. The third-order valence-electron chi connectivity index (χ3n) is 2.73. The van der Waals surface area contributed by atoms with Crippen molar-refractivity contribution in [3.63, 3.8) is 0 Å². The van der Waals surface area contributed by atoms with Gasteiger partial charge in [0.25, 0.3) is 0 Å². The summed E-state index contributed by atoms with van der Waals surface area (Å²) >= 11 is 5.70. The second-order valence-corrected chi connectivity index (χ2v) is 4.60. The molecule has 0 unspecified atom stereocenters. The largest absolute Gasteiger partial charge is 0.492 e. The Morgan fingerprint density at radius 2 is 1.95 bits per heavy atom. The van der Waals surface area contributed by atoms with Crippen LogP contribution in [0.2, 0.25) is 5.02 Å². The van der Waals surface area contributed by atoms with Gasteiger partial charge in [-0.05, 0) is 31.2 Å². The van der Waals surface area contributed by atoms with Crippen LogP contribution in [0.5, 0.6) is 5.75 Å². The van der Waals surface area contributed by atoms with Crippen molar-refractivity contribution in [3.8, 4) is 5.75 Å². The van der Waals surface area contributed by atoms with Gasteiger partial charge in [-0.3, -0.25) is 0 Å². The third kappa shape index (κ3) is 3.61. The number of hydrogen-bond donors (Lipinski definition) is 1. The molecule has 0 aliphatic carbocycles. The summed E-state index contributed by atoms with van der Waals surface area (Å²) in [7, 11) is 0. The van der Waals surface area contributed by atoms with Gasteiger partial charge >= 0.3 is 0 Å². The Kier molecular flexibility index (Phi) is 4.79. The Hall–Kier alpha value is -1.81. The molecule has 0 spiro atoms. The molecule has 2 aromatic rings. The maximum Gasteiger partial charge on any atom is 0.145 e. The summed E-state index contributed by atoms with van der Waals surface area (Å²) in [6.45, 7) is 2.50. The first-order valence-electron chi connectivity index (χ1n) is 6.20. The van der Waals surface area contributed by atoms with Crippen molar-refractivity contribution in [2.75, 3.05) is 11.9 Å². The van der Waals surface area contributed by atoms with Crippen molar-refractivity contribution in [3.05, 3.63) is 58.6 Å². The molecule has 0 aromatic heterocycles. The monoisotopic (exact) mass is 297 g/mol. The summed E-state index contributed by atoms with van der Waals surface area (Å²) in [6.07, 6.45) is 0. The first kappa shape index (κ1) is 14.6. The maximum atomic E-state index is 13.7. The topological polar surface area (TPSA) is 21.3 Å². The molecule has 5 heteroatoms. The highest BCUT2D eigenvalue weighted by atomic mass is 35.5. The first-order valence-corrected chi connectivity index (χ1v) is 6.58. The van der Waals surface area contributed by atoms with E-state index in [9.17, 15) is 8.78 Å². The lowest BCUT2D eigenvalue weighted by Crippen LogP contribution is -2.04. The van der Waals surface area contributed by atoms with Gasteiger partial charge in [0.1, 0.15) is 17.4 Å². The van der Waals surface area contributed by atoms with Crippen LogP contribution >= 0.6 is 11.6 Å². The van der Waals surface area contributed by atoms with Gasteiger partial charge in [0.05, 0.1) is 12.3 Å². The molecule has 0 saturated carbocycles. The van der Waals surface area contributed by atoms with Gasteiger partial charge in [-0.2, -0.15) is 0 Å². The average Bonchev–Trinajstić information content (AvgIpc) is 2.40. The highest BCUT2D eigenvalue weighted by Gasteiger charge is 2.07. The summed E-state index contributed by atoms with van der Waals surface area (Å²) in [5.74, 6) is -0.358. The van der Waals surface area contributed by atoms with Crippen LogP contribution in [0.25, 0.3) is 0 Å². The van der Waals surface area contributed by atoms with E-state index >= 15 is 0 Å². The van der Waals surface area contributed by atoms with Gasteiger partial charge in [0.15, 0.2) is 0 Å². The molecule has 0 amide bonds. The molecule has 20 heavy (non-hydrogen) atoms. The molecule has 106 valence electrons. The number of halogens is 3. The highest BCUT2D eigenvalue weighted by molar-refractivity contribution is 6.30. The van der Waals surface area contributed by atoms with E-state index in [0.717, 1.165) is 0 Å². The zero-order valence-electron chi connectivity index (χ0n) is 10.9. The predicted molar refractivity (Wildman–Crippen MR) is 76.3 cm³/mol. The van der Waals surface area contributed by atoms with Crippen LogP contribution in [0, 0.1) is 11.6 Å². The van der Waals surface area contributed by atoms with Crippen molar-refractivity contribution >= 4 is 17.3 Å². The number of ether oxygens (including phenoxy) is 1. The van der Waals surface area contributed by atoms with Crippen LogP contribution in [0.3, 0.4) is 0 Å². The van der Waals surface area contributed by atoms with E-state index < -0.39 is 0 Å². The molecule has 1 N–H and O–H groups in total. The van der Waals surface area contributed by atoms with Crippen molar-refractivity contribution in [2.24, 2.45) is 0 Å². The highest BCUT2D eigenvalue weighted by Crippen LogP contribution is 2.26. The Morgan fingerprint density at radius 1 is 1.15 bits per heavy atom. The van der Waals surface area contributed by atoms with Crippen molar-refractivity contribution in [1.29, 1.82) is 0 Å². The van der Waals surface area contributed by atoms with E-state index in [2.05, 4.69) is 5.32 Å². The van der Waals surface area contributed by atoms with Crippen molar-refractivity contribution in [1.82, 2.24) is 0 Å². The van der Waals surface area contributed by atoms with Crippen LogP contribution in [0.4, 0.5) is 14.5 Å². The molecular weight excluding hydrogens is 284 g/mol. The Bertz CT molecular complexity index is 604. The minimum absolute atomic E-state index is 0.259. The molecule has 0 aliphatic rings. The van der Waals surface area contributed by atoms with Crippen LogP contribution in [-0.2, 0) is 6.54 Å². The summed E-state index contributed by atoms with van der Waals surface area (Å²) in [5, 5.41) is 3.38. The molecule has 2 rings (SSSR count). The Labute approximate surface area is 121 Å². The van der Waals surface area contributed by atoms with E-state index in [1.165, 1.54) is 18.2 Å². The van der Waals surface area contributed by atoms with Crippen molar-refractivity contribution in [2.45, 2.75) is 13.5 Å². The number of hydrogen-bond acceptors (Lipinski definition) is 2. The van der Waals surface area contributed by atoms with Crippen LogP contribution < -0.4 is 10.1 Å². The second-order valence-electron chi connectivity index (χ2n) is 4.16. The van der Waals surface area contributed by atoms with Crippen molar-refractivity contribution < 1.29 is 13.5 Å². The minimum Gasteiger partial charge on any atom is -0.492 e. The number of benzene rings is 2. The third-order valence-corrected chi connectivity index (χ3v) is 2.96. The fourth-order valence-corrected chi connectivity index (χ4v) is 1.93. The zero-order chi connectivity index (χ0) is 14.5. The average molecular weight is 298 g/mol. The quantitative estimate of drug-likeness (QED) is 0.869. The molecule has 0 radical (unpaired) electrons. The lowest BCUT2D eigenvalue weighted by molar-refractivity contribution is 0.339. The van der Waals surface area contributed by atoms with E-state index in [-0.39, 0.29) is 18.2 Å². The van der Waals surface area contributed by atoms with E-state index in [0.29, 0.717) is 28.6 Å². The second kappa shape index (κ2) is 6.57. The number of nitrogens with one attached hydrogen (secondary N) is 1. The molecule has 2 aromatic carbocycles. The lowest BCUT2D eigenvalue weighted by Gasteiger charge is -2.13. The molecule has 0 bridgehead atoms. The van der Waals surface area contributed by atoms with Crippen LogP contribution in [0.15, 0.2) is 36.4 Å². The molecule has 2 nitrogen and oxygen atoms in total. The summed E-state index contributed by atoms with van der Waals surface area (Å²) in [4.78, 5) is 0. The lowest BCUT2D eigenvalue weighted by atomic mass is 10.2. The van der Waals surface area contributed by atoms with Gasteiger partial charge < -0.3 is 10.1 Å². The molecule has 0 atom stereocenters. The van der Waals surface area contributed by atoms with Gasteiger partial charge in [0.2, 0.25) is 0 Å². The molecule has 0 heterocycles. The SMILES string of the molecule is CCOc1cc(F)ccc1NCc1ccc(Cl)cc1F. The molecule has 0 saturated heterocycles. The fourth-order valence-electron chi connectivity index (χ4n) is 1.77. The Balaban J connectivity index is 2.14. The van der Waals surface area contributed by atoms with Crippen LogP contribution in [0.1, 0.15) is 12.5 Å². The van der Waals surface area contributed by atoms with Gasteiger partial charge in [-0.15, -0.1) is 0 Å². The summed E-state index contributed by atoms with van der Waals surface area (Å²) in [5.41, 5.74) is 1.09. The standard InChI is InChI=1S/C15H14ClF2NO/c1-2-20-15-8-12(17)5-6-14(15)19-9-10-3-4-11(16)7-13(10)18/h3-8,19H,2,9H2,1H3. The maximum absolute atomic E-state index is 13.7. The zero-order valence-corrected chi connectivity index (χ0v) is 11.7. The van der Waals surface area contributed by atoms with Gasteiger partial charge in [0, 0.05) is 23.2 Å². The van der Waals surface area contributed by atoms with Gasteiger partial charge in [-0.25, -0.2) is 8.78 Å². The predicted octanol–water partition coefficient (Wildman–Crippen LogP) is 4.63. The number of rotatable bonds is 5. The first-order chi connectivity index (χ1) is 9.60. The van der Waals surface area contributed by atoms with Crippen LogP contribution in [-0.4, -0.2) is 6.61 Å². The smallest absolute Gasteiger partial charge is 0.145 e. The van der Waals surface area contributed by atoms with E-state index in [4.69, 9.17) is 16.3 Å².